The Bertz CT molecular complexity index is 15.5. The molecule has 0 saturated carbocycles. The second-order valence-electron chi connectivity index (χ2n) is 0. The van der Waals surface area contributed by atoms with Gasteiger partial charge in [0.15, 0.2) is 0 Å². The van der Waals surface area contributed by atoms with Crippen molar-refractivity contribution in [2.24, 2.45) is 0 Å². The van der Waals surface area contributed by atoms with E-state index in [0.717, 1.165) is 0 Å². The van der Waals surface area contributed by atoms with E-state index in [1.807, 2.05) is 0 Å². The molecule has 0 N–H and O–H groups in total. The molecule has 6 heavy (non-hydrogen) atoms. The van der Waals surface area contributed by atoms with Crippen molar-refractivity contribution in [3.8, 4) is 0 Å². The van der Waals surface area contributed by atoms with Crippen molar-refractivity contribution in [3.63, 3.8) is 0 Å². The van der Waals surface area contributed by atoms with Crippen LogP contribution >= 0.6 is 0 Å². The monoisotopic (exact) mass is 511 g/mol. The van der Waals surface area contributed by atoms with Crippen molar-refractivity contribution in [1.29, 1.82) is 0 Å². The Labute approximate surface area is 109 Å². The van der Waals surface area contributed by atoms with E-state index in [2.05, 4.69) is 0 Å². The van der Waals surface area contributed by atoms with Crippen molar-refractivity contribution in [3.05, 3.63) is 0 Å². The van der Waals surface area contributed by atoms with Gasteiger partial charge in [-0.2, -0.15) is 0 Å². The molecule has 0 rings (SSSR count). The summed E-state index contributed by atoms with van der Waals surface area (Å²) in [4.78, 5) is 0. The molecule has 0 atom stereocenters. The van der Waals surface area contributed by atoms with Gasteiger partial charge in [0.25, 0.3) is 0 Å². The summed E-state index contributed by atoms with van der Waals surface area (Å²) in [5.74, 6) is 0. The van der Waals surface area contributed by atoms with Crippen molar-refractivity contribution >= 4 is 46.7 Å². The fourth-order valence-corrected chi connectivity index (χ4v) is 0. The van der Waals surface area contributed by atoms with Gasteiger partial charge in [0.1, 0.15) is 0 Å². The third kappa shape index (κ3) is 26.1. The fourth-order valence-electron chi connectivity index (χ4n) is 0. The van der Waals surface area contributed by atoms with Crippen LogP contribution < -0.4 is 0 Å². The van der Waals surface area contributed by atoms with Crippen LogP contribution in [0.1, 0.15) is 0 Å². The molecule has 0 spiro atoms. The third-order valence-corrected chi connectivity index (χ3v) is 0. The molecular weight excluding hydrogens is 505 g/mol. The summed E-state index contributed by atoms with van der Waals surface area (Å²) < 4.78 is 8.34. The Morgan fingerprint density at radius 3 is 1.17 bits per heavy atom. The third-order valence-electron chi connectivity index (χ3n) is 0. The Kier molecular flexibility index (Phi) is 226. The molecule has 1 nitrogen and oxygen atoms in total. The van der Waals surface area contributed by atoms with Crippen molar-refractivity contribution in [2.45, 2.75) is 0 Å². The Morgan fingerprint density at radius 1 is 1.17 bits per heavy atom. The molecule has 35 valence electrons. The molecule has 0 aliphatic heterocycles. The first-order chi connectivity index (χ1) is 1.00. The van der Waals surface area contributed by atoms with Gasteiger partial charge in [-0.15, -0.1) is 0 Å². The molecule has 0 fully saturated rings. The van der Waals surface area contributed by atoms with Crippen molar-refractivity contribution in [2.75, 3.05) is 0 Å². The zero-order chi connectivity index (χ0) is 2.00. The van der Waals surface area contributed by atoms with Gasteiger partial charge in [-0.3, -0.25) is 0 Å². The van der Waals surface area contributed by atoms with Gasteiger partial charge in [-0.25, -0.2) is 0 Å². The maximum absolute atomic E-state index is 8.34. The van der Waals surface area contributed by atoms with Crippen LogP contribution in [0, 0.1) is 0 Å². The topological polar surface area (TPSA) is 17.1 Å². The molecule has 0 amide bonds. The summed E-state index contributed by atoms with van der Waals surface area (Å²) in [6, 6.07) is 0. The van der Waals surface area contributed by atoms with Crippen LogP contribution in [0.25, 0.3) is 0 Å². The first-order valence-corrected chi connectivity index (χ1v) is 1.37. The molecular formula is H2MoNbOSbTeV. The largest absolute Gasteiger partial charge is 0 e. The van der Waals surface area contributed by atoms with Gasteiger partial charge in [0, 0.05) is 62.0 Å². The van der Waals surface area contributed by atoms with E-state index in [4.69, 9.17) is 3.02 Å². The van der Waals surface area contributed by atoms with Crippen LogP contribution in [0.2, 0.25) is 0 Å². The maximum Gasteiger partial charge on any atom is 0 e. The van der Waals surface area contributed by atoms with E-state index in [1.165, 1.54) is 0 Å². The quantitative estimate of drug-likeness (QED) is 0.368. The second kappa shape index (κ2) is 39.6. The summed E-state index contributed by atoms with van der Waals surface area (Å²) >= 11 is 0.300. The second-order valence-corrected chi connectivity index (χ2v) is 0. The number of hydrogen-bond acceptors (Lipinski definition) is 1. The van der Waals surface area contributed by atoms with Gasteiger partial charge in [-0.05, 0) is 0 Å². The average Bonchev–Trinajstić information content (AvgIpc) is 1.00. The predicted molar refractivity (Wildman–Crippen MR) is 15.0 cm³/mol. The molecule has 0 bridgehead atoms. The van der Waals surface area contributed by atoms with Crippen molar-refractivity contribution in [1.82, 2.24) is 0 Å². The standard InChI is InChI=1S/Mo.Nb.O.Sb.HTe.V.H/h;;;;1H;;. The minimum Gasteiger partial charge on any atom is 0 e. The average molecular weight is 507 g/mol. The first kappa shape index (κ1) is 34.2. The van der Waals surface area contributed by atoms with Gasteiger partial charge < -0.3 is 0 Å². The van der Waals surface area contributed by atoms with E-state index in [9.17, 15) is 0 Å². The summed E-state index contributed by atoms with van der Waals surface area (Å²) in [6.07, 6.45) is 0. The Morgan fingerprint density at radius 2 is 1.17 bits per heavy atom. The van der Waals surface area contributed by atoms with Gasteiger partial charge >= 0.3 is 49.7 Å². The van der Waals surface area contributed by atoms with Gasteiger partial charge in [0.2, 0.25) is 0 Å². The molecule has 0 aromatic rings. The summed E-state index contributed by atoms with van der Waals surface area (Å²) in [5.41, 5.74) is 0. The van der Waals surface area contributed by atoms with E-state index in [0.29, 0.717) is 23.0 Å². The molecule has 0 unspecified atom stereocenters. The molecule has 0 aromatic heterocycles. The zero-order valence-corrected chi connectivity index (χ0v) is 13.7. The fraction of sp³-hybridized carbons (Fsp3) is 0. The van der Waals surface area contributed by atoms with Crippen LogP contribution in [0.15, 0.2) is 0 Å². The minimum atomic E-state index is 0. The summed E-state index contributed by atoms with van der Waals surface area (Å²) in [6.45, 7) is 0. The Hall–Kier alpha value is 3.42. The molecule has 0 heterocycles. The summed E-state index contributed by atoms with van der Waals surface area (Å²) in [7, 11) is 0. The van der Waals surface area contributed by atoms with Crippen LogP contribution in [0.5, 0.6) is 0 Å². The zero-order valence-electron chi connectivity index (χ0n) is 2.66. The normalized spacial score (nSPS) is 0.667. The first-order valence-electron chi connectivity index (χ1n) is 0.204. The van der Waals surface area contributed by atoms with Crippen LogP contribution in [-0.4, -0.2) is 46.7 Å². The molecule has 6 heteroatoms. The number of rotatable bonds is 0. The number of hydrogen-bond donors (Lipinski definition) is 0. The molecule has 0 aliphatic carbocycles. The molecule has 0 aliphatic rings. The van der Waals surface area contributed by atoms with Crippen molar-refractivity contribution < 1.29 is 65.0 Å². The van der Waals surface area contributed by atoms with E-state index >= 15 is 0 Å². The van der Waals surface area contributed by atoms with Crippen LogP contribution in [0.3, 0.4) is 0 Å². The van der Waals surface area contributed by atoms with Crippen LogP contribution in [0.4, 0.5) is 0 Å². The predicted octanol–water partition coefficient (Wildman–Crippen LogP) is -1.42. The summed E-state index contributed by atoms with van der Waals surface area (Å²) in [5, 5.41) is 0. The Balaban J connectivity index is -0.000000000833. The van der Waals surface area contributed by atoms with Gasteiger partial charge in [0.05, 0.1) is 0 Å². The molecule has 0 saturated heterocycles. The maximum atomic E-state index is 8.34. The molecule has 3 radical (unpaired) electrons. The SMILES string of the molecule is [Mo].[Nb].[O]=[SbH].[TeH].[V]. The molecule has 0 aromatic carbocycles. The minimum absolute atomic E-state index is 0. The van der Waals surface area contributed by atoms with Gasteiger partial charge in [-0.1, -0.05) is 0 Å². The van der Waals surface area contributed by atoms with Crippen LogP contribution in [-0.2, 0) is 65.0 Å². The van der Waals surface area contributed by atoms with E-state index < -0.39 is 0 Å². The smallest absolute Gasteiger partial charge is 0 e. The van der Waals surface area contributed by atoms with E-state index in [-0.39, 0.29) is 85.7 Å². The van der Waals surface area contributed by atoms with E-state index in [1.54, 1.807) is 0 Å².